The van der Waals surface area contributed by atoms with Crippen LogP contribution < -0.4 is 0 Å². The van der Waals surface area contributed by atoms with E-state index >= 15 is 0 Å². The van der Waals surface area contributed by atoms with E-state index in [1.54, 1.807) is 7.11 Å². The highest BCUT2D eigenvalue weighted by atomic mass is 16.5. The van der Waals surface area contributed by atoms with E-state index in [-0.39, 0.29) is 0 Å². The number of aliphatic hydroxyl groups is 1. The van der Waals surface area contributed by atoms with Gasteiger partial charge in [-0.3, -0.25) is 0 Å². The fraction of sp³-hybridized carbons (Fsp3) is 0.467. The Labute approximate surface area is 110 Å². The minimum atomic E-state index is -0.546. The van der Waals surface area contributed by atoms with Crippen molar-refractivity contribution in [2.75, 3.05) is 26.9 Å². The topological polar surface area (TPSA) is 38.7 Å². The van der Waals surface area contributed by atoms with E-state index in [0.29, 0.717) is 19.8 Å². The van der Waals surface area contributed by atoms with Crippen LogP contribution in [0.3, 0.4) is 0 Å². The maximum absolute atomic E-state index is 9.29. The zero-order chi connectivity index (χ0) is 13.6. The van der Waals surface area contributed by atoms with Gasteiger partial charge in [-0.25, -0.2) is 0 Å². The molecule has 1 aromatic carbocycles. The molecule has 1 unspecified atom stereocenters. The average molecular weight is 252 g/mol. The van der Waals surface area contributed by atoms with Crippen LogP contribution in [-0.2, 0) is 9.47 Å². The van der Waals surface area contributed by atoms with Crippen LogP contribution in [-0.4, -0.2) is 38.1 Å². The number of aliphatic hydroxyl groups excluding tert-OH is 1. The first-order chi connectivity index (χ1) is 8.83. The van der Waals surface area contributed by atoms with Crippen LogP contribution in [0.4, 0.5) is 0 Å². The lowest BCUT2D eigenvalue weighted by molar-refractivity contribution is 0.00126. The third-order valence-electron chi connectivity index (χ3n) is 1.99. The molecule has 0 amide bonds. The molecular formula is C15H24O3. The molecule has 0 heterocycles. The molecule has 0 aliphatic rings. The summed E-state index contributed by atoms with van der Waals surface area (Å²) in [4.78, 5) is 0. The van der Waals surface area contributed by atoms with Crippen LogP contribution in [0.2, 0.25) is 0 Å². The maximum atomic E-state index is 9.29. The average Bonchev–Trinajstić information content (AvgIpc) is 2.42. The molecule has 1 N–H and O–H groups in total. The molecule has 1 rings (SSSR count). The predicted octanol–water partition coefficient (Wildman–Crippen LogP) is 2.75. The van der Waals surface area contributed by atoms with E-state index in [4.69, 9.17) is 9.47 Å². The number of benzene rings is 1. The van der Waals surface area contributed by atoms with E-state index in [9.17, 15) is 5.11 Å². The summed E-state index contributed by atoms with van der Waals surface area (Å²) in [6, 6.07) is 10.0. The van der Waals surface area contributed by atoms with Crippen LogP contribution in [0, 0.1) is 0 Å². The van der Waals surface area contributed by atoms with Crippen molar-refractivity contribution >= 4 is 6.08 Å². The number of hydrogen-bond donors (Lipinski definition) is 1. The second-order valence-corrected chi connectivity index (χ2v) is 3.46. The molecule has 0 saturated heterocycles. The zero-order valence-corrected chi connectivity index (χ0v) is 11.5. The molecule has 0 bridgehead atoms. The minimum absolute atomic E-state index is 0.299. The molecule has 0 aliphatic carbocycles. The standard InChI is InChI=1S/C13H18O3.C2H6/c1-15-10-13(14)11-16-9-5-8-12-6-3-2-4-7-12;1-2/h2-8,13-14H,9-11H2,1H3;1-2H3/b8-5+;. The molecule has 3 heteroatoms. The van der Waals surface area contributed by atoms with Gasteiger partial charge in [-0.15, -0.1) is 0 Å². The minimum Gasteiger partial charge on any atom is -0.388 e. The number of ether oxygens (including phenoxy) is 2. The molecule has 1 aromatic rings. The summed E-state index contributed by atoms with van der Waals surface area (Å²) in [7, 11) is 1.55. The fourth-order valence-corrected chi connectivity index (χ4v) is 1.26. The van der Waals surface area contributed by atoms with Gasteiger partial charge in [-0.2, -0.15) is 0 Å². The second-order valence-electron chi connectivity index (χ2n) is 3.46. The smallest absolute Gasteiger partial charge is 0.101 e. The van der Waals surface area contributed by atoms with Crippen LogP contribution in [0.15, 0.2) is 36.4 Å². The summed E-state index contributed by atoms with van der Waals surface area (Å²) in [5.41, 5.74) is 1.14. The Morgan fingerprint density at radius 2 is 1.83 bits per heavy atom. The van der Waals surface area contributed by atoms with Crippen molar-refractivity contribution in [3.05, 3.63) is 42.0 Å². The summed E-state index contributed by atoms with van der Waals surface area (Å²) in [6.45, 7) is 5.10. The van der Waals surface area contributed by atoms with Gasteiger partial charge >= 0.3 is 0 Å². The van der Waals surface area contributed by atoms with Gasteiger partial charge in [0.1, 0.15) is 6.10 Å². The highest BCUT2D eigenvalue weighted by Crippen LogP contribution is 2.00. The first-order valence-electron chi connectivity index (χ1n) is 6.29. The van der Waals surface area contributed by atoms with Gasteiger partial charge in [0.05, 0.1) is 19.8 Å². The Kier molecular flexibility index (Phi) is 11.5. The molecule has 3 nitrogen and oxygen atoms in total. The van der Waals surface area contributed by atoms with Crippen molar-refractivity contribution < 1.29 is 14.6 Å². The fourth-order valence-electron chi connectivity index (χ4n) is 1.26. The third-order valence-corrected chi connectivity index (χ3v) is 1.99. The quantitative estimate of drug-likeness (QED) is 0.758. The van der Waals surface area contributed by atoms with E-state index < -0.39 is 6.10 Å². The molecule has 0 aromatic heterocycles. The Bertz CT molecular complexity index is 296. The zero-order valence-electron chi connectivity index (χ0n) is 11.5. The van der Waals surface area contributed by atoms with Crippen molar-refractivity contribution in [1.29, 1.82) is 0 Å². The van der Waals surface area contributed by atoms with Gasteiger partial charge in [0.2, 0.25) is 0 Å². The lowest BCUT2D eigenvalue weighted by Crippen LogP contribution is -2.20. The monoisotopic (exact) mass is 252 g/mol. The SMILES string of the molecule is CC.COCC(O)COC/C=C/c1ccccc1. The summed E-state index contributed by atoms with van der Waals surface area (Å²) in [5.74, 6) is 0. The lowest BCUT2D eigenvalue weighted by atomic mass is 10.2. The van der Waals surface area contributed by atoms with Gasteiger partial charge in [0.25, 0.3) is 0 Å². The number of rotatable bonds is 7. The van der Waals surface area contributed by atoms with Crippen molar-refractivity contribution in [3.63, 3.8) is 0 Å². The van der Waals surface area contributed by atoms with E-state index in [1.807, 2.05) is 56.3 Å². The van der Waals surface area contributed by atoms with E-state index in [0.717, 1.165) is 5.56 Å². The highest BCUT2D eigenvalue weighted by molar-refractivity contribution is 5.48. The maximum Gasteiger partial charge on any atom is 0.101 e. The first-order valence-corrected chi connectivity index (χ1v) is 6.29. The molecule has 0 saturated carbocycles. The number of hydrogen-bond acceptors (Lipinski definition) is 3. The molecule has 0 aliphatic heterocycles. The van der Waals surface area contributed by atoms with Gasteiger partial charge < -0.3 is 14.6 Å². The van der Waals surface area contributed by atoms with Crippen molar-refractivity contribution in [1.82, 2.24) is 0 Å². The third kappa shape index (κ3) is 8.93. The normalized spacial score (nSPS) is 12.0. The summed E-state index contributed by atoms with van der Waals surface area (Å²) in [5, 5.41) is 9.29. The second kappa shape index (κ2) is 12.3. The van der Waals surface area contributed by atoms with Crippen molar-refractivity contribution in [2.45, 2.75) is 20.0 Å². The number of methoxy groups -OCH3 is 1. The molecule has 18 heavy (non-hydrogen) atoms. The van der Waals surface area contributed by atoms with Gasteiger partial charge in [0.15, 0.2) is 0 Å². The molecular weight excluding hydrogens is 228 g/mol. The highest BCUT2D eigenvalue weighted by Gasteiger charge is 2.01. The summed E-state index contributed by atoms with van der Waals surface area (Å²) < 4.78 is 10.0. The first kappa shape index (κ1) is 16.8. The van der Waals surface area contributed by atoms with Gasteiger partial charge in [-0.1, -0.05) is 56.3 Å². The van der Waals surface area contributed by atoms with Crippen molar-refractivity contribution in [2.24, 2.45) is 0 Å². The van der Waals surface area contributed by atoms with Gasteiger partial charge in [-0.05, 0) is 5.56 Å². The summed E-state index contributed by atoms with van der Waals surface area (Å²) in [6.07, 6.45) is 3.37. The van der Waals surface area contributed by atoms with Crippen LogP contribution >= 0.6 is 0 Å². The Morgan fingerprint density at radius 1 is 1.17 bits per heavy atom. The Morgan fingerprint density at radius 3 is 2.44 bits per heavy atom. The molecule has 0 spiro atoms. The lowest BCUT2D eigenvalue weighted by Gasteiger charge is -2.08. The molecule has 102 valence electrons. The van der Waals surface area contributed by atoms with E-state index in [1.165, 1.54) is 0 Å². The molecule has 1 atom stereocenters. The largest absolute Gasteiger partial charge is 0.388 e. The van der Waals surface area contributed by atoms with Gasteiger partial charge in [0, 0.05) is 7.11 Å². The van der Waals surface area contributed by atoms with E-state index in [2.05, 4.69) is 0 Å². The van der Waals surface area contributed by atoms with Crippen LogP contribution in [0.1, 0.15) is 19.4 Å². The van der Waals surface area contributed by atoms with Crippen molar-refractivity contribution in [3.8, 4) is 0 Å². The Hall–Kier alpha value is -1.16. The Balaban J connectivity index is 0.00000137. The molecule has 0 fully saturated rings. The summed E-state index contributed by atoms with van der Waals surface area (Å²) >= 11 is 0. The molecule has 0 radical (unpaired) electrons. The van der Waals surface area contributed by atoms with Crippen LogP contribution in [0.5, 0.6) is 0 Å². The van der Waals surface area contributed by atoms with Crippen LogP contribution in [0.25, 0.3) is 6.08 Å². The predicted molar refractivity (Wildman–Crippen MR) is 75.5 cm³/mol.